The maximum Gasteiger partial charge on any atom is 0.255 e. The highest BCUT2D eigenvalue weighted by atomic mass is 16.1. The van der Waals surface area contributed by atoms with E-state index in [0.29, 0.717) is 5.56 Å². The molecule has 2 rings (SSSR count). The molecule has 2 aromatic rings. The Balaban J connectivity index is 2.21. The van der Waals surface area contributed by atoms with E-state index in [-0.39, 0.29) is 11.9 Å². The lowest BCUT2D eigenvalue weighted by Crippen LogP contribution is -2.29. The summed E-state index contributed by atoms with van der Waals surface area (Å²) < 4.78 is 3.48. The van der Waals surface area contributed by atoms with Crippen molar-refractivity contribution in [2.75, 3.05) is 0 Å². The van der Waals surface area contributed by atoms with Crippen LogP contribution in [-0.4, -0.2) is 30.5 Å². The molecule has 0 aliphatic rings. The van der Waals surface area contributed by atoms with Gasteiger partial charge >= 0.3 is 0 Å². The van der Waals surface area contributed by atoms with E-state index < -0.39 is 0 Å². The monoisotopic (exact) mass is 276 g/mol. The number of carbonyl (C=O) groups excluding carboxylic acids is 1. The van der Waals surface area contributed by atoms with E-state index in [1.54, 1.807) is 11.7 Å². The molecule has 0 radical (unpaired) electrons. The van der Waals surface area contributed by atoms with E-state index in [1.807, 2.05) is 32.4 Å². The van der Waals surface area contributed by atoms with Crippen LogP contribution >= 0.6 is 0 Å². The van der Waals surface area contributed by atoms with Crippen LogP contribution < -0.4 is 5.32 Å². The Bertz CT molecular complexity index is 627. The van der Waals surface area contributed by atoms with Crippen LogP contribution in [0.2, 0.25) is 0 Å². The van der Waals surface area contributed by atoms with Gasteiger partial charge in [-0.3, -0.25) is 14.2 Å². The number of nitrogens with zero attached hydrogens (tertiary/aromatic N) is 5. The Hall–Kier alpha value is -2.18. The van der Waals surface area contributed by atoms with Gasteiger partial charge in [-0.25, -0.2) is 4.98 Å². The zero-order valence-electron chi connectivity index (χ0n) is 12.5. The summed E-state index contributed by atoms with van der Waals surface area (Å²) in [6.07, 6.45) is 1.48. The summed E-state index contributed by atoms with van der Waals surface area (Å²) in [6, 6.07) is -0.209. The van der Waals surface area contributed by atoms with Crippen LogP contribution in [0, 0.1) is 13.8 Å². The molecule has 1 amide bonds. The van der Waals surface area contributed by atoms with Crippen molar-refractivity contribution in [3.63, 3.8) is 0 Å². The van der Waals surface area contributed by atoms with E-state index in [4.69, 9.17) is 0 Å². The molecule has 7 nitrogen and oxygen atoms in total. The summed E-state index contributed by atoms with van der Waals surface area (Å²) in [4.78, 5) is 16.6. The molecule has 0 fully saturated rings. The first-order valence-corrected chi connectivity index (χ1v) is 6.64. The second-order valence-electron chi connectivity index (χ2n) is 4.80. The van der Waals surface area contributed by atoms with Gasteiger partial charge in [0, 0.05) is 19.3 Å². The van der Waals surface area contributed by atoms with Crippen LogP contribution in [0.4, 0.5) is 0 Å². The van der Waals surface area contributed by atoms with Crippen molar-refractivity contribution in [3.05, 3.63) is 29.1 Å². The number of hydrogen-bond acceptors (Lipinski definition) is 4. The Kier molecular flexibility index (Phi) is 3.87. The first-order chi connectivity index (χ1) is 9.45. The molecule has 0 aliphatic heterocycles. The second-order valence-corrected chi connectivity index (χ2v) is 4.80. The number of amides is 1. The SMILES string of the molecule is CCn1nc(C)c(C(=O)N[C@H](C)c2ncnn2C)c1C. The highest BCUT2D eigenvalue weighted by Crippen LogP contribution is 2.15. The summed E-state index contributed by atoms with van der Waals surface area (Å²) in [5, 5.41) is 11.3. The molecular formula is C13H20N6O. The van der Waals surface area contributed by atoms with Crippen LogP contribution in [0.15, 0.2) is 6.33 Å². The molecule has 2 heterocycles. The Morgan fingerprint density at radius 2 is 2.15 bits per heavy atom. The third-order valence-corrected chi connectivity index (χ3v) is 3.39. The van der Waals surface area contributed by atoms with E-state index in [0.717, 1.165) is 23.8 Å². The van der Waals surface area contributed by atoms with Gasteiger partial charge < -0.3 is 5.32 Å². The van der Waals surface area contributed by atoms with Crippen LogP contribution in [0.3, 0.4) is 0 Å². The maximum absolute atomic E-state index is 12.4. The standard InChI is InChI=1S/C13H20N6O/c1-6-19-10(4)11(8(2)17-19)13(20)16-9(3)12-14-7-15-18(12)5/h7,9H,6H2,1-5H3,(H,16,20)/t9-/m1/s1. The molecule has 0 saturated carbocycles. The summed E-state index contributed by atoms with van der Waals surface area (Å²) in [5.74, 6) is 0.590. The topological polar surface area (TPSA) is 77.6 Å². The highest BCUT2D eigenvalue weighted by Gasteiger charge is 2.21. The van der Waals surface area contributed by atoms with Gasteiger partial charge in [0.1, 0.15) is 12.2 Å². The van der Waals surface area contributed by atoms with Gasteiger partial charge in [-0.2, -0.15) is 10.2 Å². The van der Waals surface area contributed by atoms with E-state index in [1.165, 1.54) is 6.33 Å². The lowest BCUT2D eigenvalue weighted by atomic mass is 10.1. The summed E-state index contributed by atoms with van der Waals surface area (Å²) in [6.45, 7) is 8.39. The lowest BCUT2D eigenvalue weighted by molar-refractivity contribution is 0.0936. The minimum absolute atomic E-state index is 0.129. The Morgan fingerprint density at radius 3 is 2.65 bits per heavy atom. The van der Waals surface area contributed by atoms with Crippen molar-refractivity contribution in [1.82, 2.24) is 29.9 Å². The molecule has 20 heavy (non-hydrogen) atoms. The van der Waals surface area contributed by atoms with E-state index >= 15 is 0 Å². The third kappa shape index (κ3) is 2.43. The van der Waals surface area contributed by atoms with Gasteiger partial charge in [0.2, 0.25) is 0 Å². The molecule has 7 heteroatoms. The molecule has 0 bridgehead atoms. The van der Waals surface area contributed by atoms with Gasteiger partial charge in [0.15, 0.2) is 0 Å². The van der Waals surface area contributed by atoms with Crippen LogP contribution in [-0.2, 0) is 13.6 Å². The fraction of sp³-hybridized carbons (Fsp3) is 0.538. The maximum atomic E-state index is 12.4. The number of nitrogens with one attached hydrogen (secondary N) is 1. The summed E-state index contributed by atoms with van der Waals surface area (Å²) >= 11 is 0. The van der Waals surface area contributed by atoms with Crippen molar-refractivity contribution in [1.29, 1.82) is 0 Å². The number of aromatic nitrogens is 5. The molecule has 1 N–H and O–H groups in total. The smallest absolute Gasteiger partial charge is 0.255 e. The number of hydrogen-bond donors (Lipinski definition) is 1. The average molecular weight is 276 g/mol. The quantitative estimate of drug-likeness (QED) is 0.908. The molecule has 2 aromatic heterocycles. The van der Waals surface area contributed by atoms with Crippen molar-refractivity contribution in [2.45, 2.75) is 40.3 Å². The van der Waals surface area contributed by atoms with Gasteiger partial charge in [0.25, 0.3) is 5.91 Å². The van der Waals surface area contributed by atoms with E-state index in [2.05, 4.69) is 20.5 Å². The Labute approximate surface area is 118 Å². The predicted octanol–water partition coefficient (Wildman–Crippen LogP) is 1.14. The lowest BCUT2D eigenvalue weighted by Gasteiger charge is -2.13. The predicted molar refractivity (Wildman–Crippen MR) is 74.3 cm³/mol. The van der Waals surface area contributed by atoms with Crippen LogP contribution in [0.5, 0.6) is 0 Å². The molecule has 0 unspecified atom stereocenters. The highest BCUT2D eigenvalue weighted by molar-refractivity contribution is 5.96. The zero-order chi connectivity index (χ0) is 14.9. The molecule has 0 spiro atoms. The first-order valence-electron chi connectivity index (χ1n) is 6.64. The molecule has 0 aliphatic carbocycles. The fourth-order valence-electron chi connectivity index (χ4n) is 2.36. The van der Waals surface area contributed by atoms with Gasteiger partial charge in [0.05, 0.1) is 17.3 Å². The summed E-state index contributed by atoms with van der Waals surface area (Å²) in [7, 11) is 1.80. The third-order valence-electron chi connectivity index (χ3n) is 3.39. The minimum atomic E-state index is -0.209. The summed E-state index contributed by atoms with van der Waals surface area (Å²) in [5.41, 5.74) is 2.26. The van der Waals surface area contributed by atoms with Crippen LogP contribution in [0.25, 0.3) is 0 Å². The van der Waals surface area contributed by atoms with Crippen molar-refractivity contribution in [2.24, 2.45) is 7.05 Å². The molecular weight excluding hydrogens is 256 g/mol. The normalized spacial score (nSPS) is 12.4. The average Bonchev–Trinajstić information content (AvgIpc) is 2.93. The zero-order valence-corrected chi connectivity index (χ0v) is 12.5. The van der Waals surface area contributed by atoms with Gasteiger partial charge in [-0.15, -0.1) is 0 Å². The molecule has 0 saturated heterocycles. The van der Waals surface area contributed by atoms with E-state index in [9.17, 15) is 4.79 Å². The Morgan fingerprint density at radius 1 is 1.45 bits per heavy atom. The first kappa shape index (κ1) is 14.2. The van der Waals surface area contributed by atoms with Crippen molar-refractivity contribution < 1.29 is 4.79 Å². The van der Waals surface area contributed by atoms with Gasteiger partial charge in [-0.1, -0.05) is 0 Å². The fourth-order valence-corrected chi connectivity index (χ4v) is 2.36. The number of carbonyl (C=O) groups is 1. The molecule has 0 aromatic carbocycles. The van der Waals surface area contributed by atoms with Crippen molar-refractivity contribution >= 4 is 5.91 Å². The van der Waals surface area contributed by atoms with Crippen LogP contribution in [0.1, 0.15) is 47.5 Å². The second kappa shape index (κ2) is 5.44. The number of rotatable bonds is 4. The largest absolute Gasteiger partial charge is 0.342 e. The minimum Gasteiger partial charge on any atom is -0.342 e. The molecule has 1 atom stereocenters. The molecule has 108 valence electrons. The van der Waals surface area contributed by atoms with Crippen molar-refractivity contribution in [3.8, 4) is 0 Å². The number of aryl methyl sites for hydroxylation is 3. The van der Waals surface area contributed by atoms with Gasteiger partial charge in [-0.05, 0) is 27.7 Å².